The molecule has 1 N–H and O–H groups in total. The zero-order valence-corrected chi connectivity index (χ0v) is 13.6. The van der Waals surface area contributed by atoms with E-state index in [1.807, 2.05) is 6.07 Å². The number of nitro groups is 1. The van der Waals surface area contributed by atoms with Crippen LogP contribution in [0.15, 0.2) is 43.9 Å². The summed E-state index contributed by atoms with van der Waals surface area (Å²) in [7, 11) is 0. The van der Waals surface area contributed by atoms with Gasteiger partial charge in [0.15, 0.2) is 4.67 Å². The third-order valence-corrected chi connectivity index (χ3v) is 4.44. The van der Waals surface area contributed by atoms with Crippen LogP contribution in [-0.2, 0) is 13.0 Å². The van der Waals surface area contributed by atoms with Gasteiger partial charge in [-0.1, -0.05) is 12.1 Å². The first-order valence-corrected chi connectivity index (χ1v) is 7.52. The van der Waals surface area contributed by atoms with Crippen molar-refractivity contribution in [2.75, 3.05) is 6.54 Å². The average Bonchev–Trinajstić information content (AvgIpc) is 2.74. The molecule has 0 unspecified atom stereocenters. The van der Waals surface area contributed by atoms with E-state index in [4.69, 9.17) is 4.42 Å². The molecule has 1 aromatic carbocycles. The van der Waals surface area contributed by atoms with Gasteiger partial charge < -0.3 is 9.73 Å². The molecule has 1 heterocycles. The monoisotopic (exact) mass is 402 g/mol. The van der Waals surface area contributed by atoms with E-state index in [1.165, 1.54) is 12.1 Å². The second-order valence-electron chi connectivity index (χ2n) is 4.18. The molecular weight excluding hydrogens is 392 g/mol. The van der Waals surface area contributed by atoms with Crippen molar-refractivity contribution in [1.82, 2.24) is 5.32 Å². The maximum Gasteiger partial charge on any atom is 0.269 e. The molecule has 0 fully saturated rings. The Morgan fingerprint density at radius 3 is 2.50 bits per heavy atom. The van der Waals surface area contributed by atoms with Crippen molar-refractivity contribution in [3.63, 3.8) is 0 Å². The number of non-ortho nitro benzene ring substituents is 1. The topological polar surface area (TPSA) is 68.3 Å². The van der Waals surface area contributed by atoms with Gasteiger partial charge in [0.2, 0.25) is 0 Å². The molecular formula is C13H12Br2N2O3. The lowest BCUT2D eigenvalue weighted by Gasteiger charge is -2.03. The van der Waals surface area contributed by atoms with E-state index in [9.17, 15) is 10.1 Å². The third-order valence-electron chi connectivity index (χ3n) is 2.73. The number of nitrogens with zero attached hydrogens (tertiary/aromatic N) is 1. The fourth-order valence-corrected chi connectivity index (χ4v) is 2.37. The molecule has 106 valence electrons. The highest BCUT2D eigenvalue weighted by molar-refractivity contribution is 9.13. The second-order valence-corrected chi connectivity index (χ2v) is 5.76. The van der Waals surface area contributed by atoms with Gasteiger partial charge in [0.1, 0.15) is 5.76 Å². The van der Waals surface area contributed by atoms with E-state index in [-0.39, 0.29) is 5.69 Å². The van der Waals surface area contributed by atoms with E-state index in [1.54, 1.807) is 12.1 Å². The molecule has 0 saturated carbocycles. The van der Waals surface area contributed by atoms with Gasteiger partial charge in [-0.15, -0.1) is 0 Å². The number of rotatable bonds is 6. The fraction of sp³-hybridized carbons (Fsp3) is 0.231. The quantitative estimate of drug-likeness (QED) is 0.448. The standard InChI is InChI=1S/C13H12Br2N2O3/c14-12-7-11(20-13(12)15)8-16-6-5-9-1-3-10(4-2-9)17(18)19/h1-4,7,16H,5-6,8H2. The Bertz CT molecular complexity index is 577. The van der Waals surface area contributed by atoms with Gasteiger partial charge in [0.25, 0.3) is 5.69 Å². The predicted octanol–water partition coefficient (Wildman–Crippen LogP) is 4.05. The summed E-state index contributed by atoms with van der Waals surface area (Å²) in [6.45, 7) is 1.41. The summed E-state index contributed by atoms with van der Waals surface area (Å²) in [6.07, 6.45) is 0.807. The lowest BCUT2D eigenvalue weighted by molar-refractivity contribution is -0.384. The van der Waals surface area contributed by atoms with Gasteiger partial charge in [-0.25, -0.2) is 0 Å². The number of furan rings is 1. The van der Waals surface area contributed by atoms with E-state index in [0.717, 1.165) is 28.8 Å². The Morgan fingerprint density at radius 1 is 1.25 bits per heavy atom. The molecule has 0 aliphatic rings. The van der Waals surface area contributed by atoms with Crippen LogP contribution in [0.5, 0.6) is 0 Å². The molecule has 5 nitrogen and oxygen atoms in total. The fourth-order valence-electron chi connectivity index (χ4n) is 1.71. The Kier molecular flexibility index (Phi) is 5.33. The number of halogens is 2. The van der Waals surface area contributed by atoms with Crippen LogP contribution in [0.25, 0.3) is 0 Å². The van der Waals surface area contributed by atoms with Crippen LogP contribution >= 0.6 is 31.9 Å². The van der Waals surface area contributed by atoms with E-state index in [0.29, 0.717) is 11.2 Å². The van der Waals surface area contributed by atoms with Gasteiger partial charge in [0.05, 0.1) is 15.9 Å². The third kappa shape index (κ3) is 4.16. The molecule has 0 saturated heterocycles. The molecule has 0 aliphatic carbocycles. The second kappa shape index (κ2) is 7.01. The summed E-state index contributed by atoms with van der Waals surface area (Å²) >= 11 is 6.64. The maximum absolute atomic E-state index is 10.5. The molecule has 0 aliphatic heterocycles. The number of benzene rings is 1. The van der Waals surface area contributed by atoms with Crippen LogP contribution in [0, 0.1) is 10.1 Å². The molecule has 0 bridgehead atoms. The Labute approximate surface area is 132 Å². The van der Waals surface area contributed by atoms with Crippen LogP contribution in [-0.4, -0.2) is 11.5 Å². The zero-order valence-electron chi connectivity index (χ0n) is 10.4. The first-order chi connectivity index (χ1) is 9.56. The SMILES string of the molecule is O=[N+]([O-])c1ccc(CCNCc2cc(Br)c(Br)o2)cc1. The number of nitrogens with one attached hydrogen (secondary N) is 1. The lowest BCUT2D eigenvalue weighted by atomic mass is 10.1. The minimum absolute atomic E-state index is 0.118. The molecule has 0 radical (unpaired) electrons. The number of hydrogen-bond donors (Lipinski definition) is 1. The molecule has 7 heteroatoms. The molecule has 2 aromatic rings. The summed E-state index contributed by atoms with van der Waals surface area (Å²) in [5.74, 6) is 0.840. The molecule has 0 atom stereocenters. The number of hydrogen-bond acceptors (Lipinski definition) is 4. The van der Waals surface area contributed by atoms with Crippen LogP contribution in [0.4, 0.5) is 5.69 Å². The molecule has 1 aromatic heterocycles. The Morgan fingerprint density at radius 2 is 1.95 bits per heavy atom. The van der Waals surface area contributed by atoms with Gasteiger partial charge in [-0.2, -0.15) is 0 Å². The van der Waals surface area contributed by atoms with Crippen LogP contribution < -0.4 is 5.32 Å². The van der Waals surface area contributed by atoms with Crippen molar-refractivity contribution in [3.05, 3.63) is 60.9 Å². The molecule has 0 amide bonds. The Hall–Kier alpha value is -1.18. The van der Waals surface area contributed by atoms with Crippen LogP contribution in [0.2, 0.25) is 0 Å². The normalized spacial score (nSPS) is 10.7. The van der Waals surface area contributed by atoms with Gasteiger partial charge in [0, 0.05) is 12.1 Å². The number of nitro benzene ring substituents is 1. The summed E-state index contributed by atoms with van der Waals surface area (Å²) in [6, 6.07) is 8.51. The molecule has 2 rings (SSSR count). The highest BCUT2D eigenvalue weighted by Gasteiger charge is 2.06. The minimum atomic E-state index is -0.394. The van der Waals surface area contributed by atoms with Crippen molar-refractivity contribution >= 4 is 37.5 Å². The minimum Gasteiger partial charge on any atom is -0.452 e. The van der Waals surface area contributed by atoms with Crippen molar-refractivity contribution < 1.29 is 9.34 Å². The van der Waals surface area contributed by atoms with Crippen molar-refractivity contribution in [2.24, 2.45) is 0 Å². The van der Waals surface area contributed by atoms with Gasteiger partial charge in [-0.3, -0.25) is 10.1 Å². The first kappa shape index (κ1) is 15.2. The summed E-state index contributed by atoms with van der Waals surface area (Å²) in [5, 5.41) is 13.8. The largest absolute Gasteiger partial charge is 0.452 e. The highest BCUT2D eigenvalue weighted by atomic mass is 79.9. The van der Waals surface area contributed by atoms with Crippen molar-refractivity contribution in [1.29, 1.82) is 0 Å². The zero-order chi connectivity index (χ0) is 14.5. The summed E-state index contributed by atoms with van der Waals surface area (Å²) in [4.78, 5) is 10.1. The molecule has 20 heavy (non-hydrogen) atoms. The van der Waals surface area contributed by atoms with Crippen molar-refractivity contribution in [3.8, 4) is 0 Å². The maximum atomic E-state index is 10.5. The van der Waals surface area contributed by atoms with Crippen LogP contribution in [0.1, 0.15) is 11.3 Å². The van der Waals surface area contributed by atoms with Crippen LogP contribution in [0.3, 0.4) is 0 Å². The summed E-state index contributed by atoms with van der Waals surface area (Å²) in [5.41, 5.74) is 1.18. The highest BCUT2D eigenvalue weighted by Crippen LogP contribution is 2.26. The van der Waals surface area contributed by atoms with E-state index in [2.05, 4.69) is 37.2 Å². The van der Waals surface area contributed by atoms with Gasteiger partial charge in [-0.05, 0) is 56.5 Å². The average molecular weight is 404 g/mol. The Balaban J connectivity index is 1.77. The predicted molar refractivity (Wildman–Crippen MR) is 82.6 cm³/mol. The lowest BCUT2D eigenvalue weighted by Crippen LogP contribution is -2.16. The van der Waals surface area contributed by atoms with Gasteiger partial charge >= 0.3 is 0 Å². The van der Waals surface area contributed by atoms with E-state index >= 15 is 0 Å². The van der Waals surface area contributed by atoms with Crippen molar-refractivity contribution in [2.45, 2.75) is 13.0 Å². The molecule has 0 spiro atoms. The summed E-state index contributed by atoms with van der Waals surface area (Å²) < 4.78 is 7.02. The van der Waals surface area contributed by atoms with E-state index < -0.39 is 4.92 Å². The smallest absolute Gasteiger partial charge is 0.269 e. The first-order valence-electron chi connectivity index (χ1n) is 5.94.